The van der Waals surface area contributed by atoms with Crippen LogP contribution in [0.15, 0.2) is 42.5 Å². The molecular weight excluding hydrogens is 348 g/mol. The number of halogens is 1. The fraction of sp³-hybridized carbons (Fsp3) is 0.333. The van der Waals surface area contributed by atoms with Crippen LogP contribution in [0.1, 0.15) is 41.8 Å². The van der Waals surface area contributed by atoms with Gasteiger partial charge in [0.05, 0.1) is 0 Å². The lowest BCUT2D eigenvalue weighted by molar-refractivity contribution is -0.118. The first-order chi connectivity index (χ1) is 12.3. The summed E-state index contributed by atoms with van der Waals surface area (Å²) in [6.07, 6.45) is 0.552. The third-order valence-electron chi connectivity index (χ3n) is 4.08. The molecule has 2 aromatic rings. The Hall–Kier alpha value is -2.33. The van der Waals surface area contributed by atoms with Crippen molar-refractivity contribution >= 4 is 29.1 Å². The molecule has 0 spiro atoms. The minimum Gasteiger partial charge on any atom is -0.340 e. The van der Waals surface area contributed by atoms with E-state index >= 15 is 0 Å². The van der Waals surface area contributed by atoms with Crippen molar-refractivity contribution in [2.24, 2.45) is 5.92 Å². The monoisotopic (exact) mass is 372 g/mol. The van der Waals surface area contributed by atoms with Gasteiger partial charge in [-0.25, -0.2) is 0 Å². The predicted octanol–water partition coefficient (Wildman–Crippen LogP) is 4.74. The van der Waals surface area contributed by atoms with Crippen LogP contribution in [-0.2, 0) is 4.79 Å². The first kappa shape index (κ1) is 20.0. The molecule has 0 radical (unpaired) electrons. The third kappa shape index (κ3) is 5.60. The number of amides is 2. The summed E-state index contributed by atoms with van der Waals surface area (Å²) in [5.74, 6) is -0.244. The normalized spacial score (nSPS) is 11.9. The molecule has 1 atom stereocenters. The Morgan fingerprint density at radius 1 is 1.04 bits per heavy atom. The SMILES string of the molecule is Cc1ccc(NC(=O)[C@H](CC(C)C)NC(=O)c2ccc(Cl)cc2)c(C)c1. The maximum absolute atomic E-state index is 12.8. The zero-order chi connectivity index (χ0) is 19.3. The highest BCUT2D eigenvalue weighted by atomic mass is 35.5. The van der Waals surface area contributed by atoms with E-state index in [-0.39, 0.29) is 17.7 Å². The summed E-state index contributed by atoms with van der Waals surface area (Å²) >= 11 is 5.86. The van der Waals surface area contributed by atoms with Crippen molar-refractivity contribution in [3.8, 4) is 0 Å². The van der Waals surface area contributed by atoms with Gasteiger partial charge < -0.3 is 10.6 Å². The minimum absolute atomic E-state index is 0.215. The molecule has 0 saturated heterocycles. The van der Waals surface area contributed by atoms with Crippen LogP contribution in [0.5, 0.6) is 0 Å². The number of anilines is 1. The second-order valence-electron chi connectivity index (χ2n) is 6.97. The predicted molar refractivity (Wildman–Crippen MR) is 107 cm³/mol. The van der Waals surface area contributed by atoms with Crippen molar-refractivity contribution < 1.29 is 9.59 Å². The Kier molecular flexibility index (Phi) is 6.81. The standard InChI is InChI=1S/C21H25ClN2O2/c1-13(2)11-19(24-20(25)16-6-8-17(22)9-7-16)21(26)23-18-10-5-14(3)12-15(18)4/h5-10,12-13,19H,11H2,1-4H3,(H,23,26)(H,24,25)/t19-/m0/s1. The molecule has 2 amide bonds. The van der Waals surface area contributed by atoms with Gasteiger partial charge in [-0.05, 0) is 62.1 Å². The average Bonchev–Trinajstić information content (AvgIpc) is 2.56. The number of aryl methyl sites for hydroxylation is 2. The zero-order valence-corrected chi connectivity index (χ0v) is 16.4. The molecule has 0 aliphatic rings. The van der Waals surface area contributed by atoms with E-state index < -0.39 is 6.04 Å². The van der Waals surface area contributed by atoms with Crippen LogP contribution >= 0.6 is 11.6 Å². The summed E-state index contributed by atoms with van der Waals surface area (Å²) in [6, 6.07) is 11.8. The van der Waals surface area contributed by atoms with E-state index in [9.17, 15) is 9.59 Å². The fourth-order valence-electron chi connectivity index (χ4n) is 2.72. The molecule has 2 rings (SSSR count). The van der Waals surface area contributed by atoms with Gasteiger partial charge in [0.2, 0.25) is 5.91 Å². The van der Waals surface area contributed by atoms with Crippen molar-refractivity contribution in [3.63, 3.8) is 0 Å². The van der Waals surface area contributed by atoms with Crippen LogP contribution in [-0.4, -0.2) is 17.9 Å². The highest BCUT2D eigenvalue weighted by molar-refractivity contribution is 6.30. The third-order valence-corrected chi connectivity index (χ3v) is 4.33. The Balaban J connectivity index is 2.13. The van der Waals surface area contributed by atoms with Gasteiger partial charge in [0.1, 0.15) is 6.04 Å². The van der Waals surface area contributed by atoms with E-state index in [0.717, 1.165) is 16.8 Å². The zero-order valence-electron chi connectivity index (χ0n) is 15.6. The number of nitrogens with one attached hydrogen (secondary N) is 2. The molecule has 26 heavy (non-hydrogen) atoms. The lowest BCUT2D eigenvalue weighted by Gasteiger charge is -2.21. The summed E-state index contributed by atoms with van der Waals surface area (Å²) < 4.78 is 0. The largest absolute Gasteiger partial charge is 0.340 e. The molecule has 5 heteroatoms. The van der Waals surface area contributed by atoms with Crippen molar-refractivity contribution in [3.05, 3.63) is 64.2 Å². The number of carbonyl (C=O) groups is 2. The van der Waals surface area contributed by atoms with Gasteiger partial charge in [0.25, 0.3) is 5.91 Å². The van der Waals surface area contributed by atoms with Crippen LogP contribution in [0.25, 0.3) is 0 Å². The maximum atomic E-state index is 12.8. The molecule has 0 heterocycles. The Morgan fingerprint density at radius 3 is 2.27 bits per heavy atom. The minimum atomic E-state index is -0.612. The molecule has 0 aliphatic heterocycles. The molecule has 2 aromatic carbocycles. The molecular formula is C21H25ClN2O2. The average molecular weight is 373 g/mol. The van der Waals surface area contributed by atoms with Gasteiger partial charge in [-0.3, -0.25) is 9.59 Å². The van der Waals surface area contributed by atoms with Crippen molar-refractivity contribution in [1.82, 2.24) is 5.32 Å². The summed E-state index contributed by atoms with van der Waals surface area (Å²) in [7, 11) is 0. The molecule has 0 saturated carbocycles. The van der Waals surface area contributed by atoms with Crippen molar-refractivity contribution in [1.29, 1.82) is 0 Å². The van der Waals surface area contributed by atoms with Gasteiger partial charge in [-0.15, -0.1) is 0 Å². The van der Waals surface area contributed by atoms with E-state index in [1.54, 1.807) is 24.3 Å². The summed E-state index contributed by atoms with van der Waals surface area (Å²) in [5.41, 5.74) is 3.36. The van der Waals surface area contributed by atoms with E-state index in [1.807, 2.05) is 45.9 Å². The maximum Gasteiger partial charge on any atom is 0.251 e. The highest BCUT2D eigenvalue weighted by Crippen LogP contribution is 2.17. The molecule has 138 valence electrons. The van der Waals surface area contributed by atoms with Crippen LogP contribution < -0.4 is 10.6 Å². The Bertz CT molecular complexity index is 785. The van der Waals surface area contributed by atoms with Gasteiger partial charge in [-0.1, -0.05) is 43.1 Å². The molecule has 0 bridgehead atoms. The van der Waals surface area contributed by atoms with Gasteiger partial charge in [0.15, 0.2) is 0 Å². The lowest BCUT2D eigenvalue weighted by Crippen LogP contribution is -2.44. The number of rotatable bonds is 6. The summed E-state index contributed by atoms with van der Waals surface area (Å²) in [4.78, 5) is 25.2. The molecule has 0 fully saturated rings. The molecule has 0 aromatic heterocycles. The first-order valence-electron chi connectivity index (χ1n) is 8.71. The van der Waals surface area contributed by atoms with E-state index in [2.05, 4.69) is 10.6 Å². The Labute approximate surface area is 159 Å². The topological polar surface area (TPSA) is 58.2 Å². The summed E-state index contributed by atoms with van der Waals surface area (Å²) in [6.45, 7) is 8.00. The number of benzene rings is 2. The second-order valence-corrected chi connectivity index (χ2v) is 7.41. The lowest BCUT2D eigenvalue weighted by atomic mass is 10.0. The van der Waals surface area contributed by atoms with Gasteiger partial charge in [-0.2, -0.15) is 0 Å². The fourth-order valence-corrected chi connectivity index (χ4v) is 2.85. The van der Waals surface area contributed by atoms with Gasteiger partial charge in [0, 0.05) is 16.3 Å². The van der Waals surface area contributed by atoms with Crippen LogP contribution in [0, 0.1) is 19.8 Å². The van der Waals surface area contributed by atoms with E-state index in [1.165, 1.54) is 0 Å². The van der Waals surface area contributed by atoms with Crippen LogP contribution in [0.3, 0.4) is 0 Å². The van der Waals surface area contributed by atoms with E-state index in [4.69, 9.17) is 11.6 Å². The number of hydrogen-bond acceptors (Lipinski definition) is 2. The Morgan fingerprint density at radius 2 is 1.69 bits per heavy atom. The highest BCUT2D eigenvalue weighted by Gasteiger charge is 2.23. The van der Waals surface area contributed by atoms with Crippen molar-refractivity contribution in [2.75, 3.05) is 5.32 Å². The summed E-state index contributed by atoms with van der Waals surface area (Å²) in [5, 5.41) is 6.34. The van der Waals surface area contributed by atoms with Crippen molar-refractivity contribution in [2.45, 2.75) is 40.2 Å². The smallest absolute Gasteiger partial charge is 0.251 e. The number of hydrogen-bond donors (Lipinski definition) is 2. The number of carbonyl (C=O) groups excluding carboxylic acids is 2. The quantitative estimate of drug-likeness (QED) is 0.769. The second kappa shape index (κ2) is 8.86. The van der Waals surface area contributed by atoms with Crippen LogP contribution in [0.2, 0.25) is 5.02 Å². The molecule has 0 unspecified atom stereocenters. The first-order valence-corrected chi connectivity index (χ1v) is 9.08. The van der Waals surface area contributed by atoms with Gasteiger partial charge >= 0.3 is 0 Å². The molecule has 2 N–H and O–H groups in total. The van der Waals surface area contributed by atoms with E-state index in [0.29, 0.717) is 17.0 Å². The van der Waals surface area contributed by atoms with Crippen LogP contribution in [0.4, 0.5) is 5.69 Å². The molecule has 0 aliphatic carbocycles. The molecule has 4 nitrogen and oxygen atoms in total.